The van der Waals surface area contributed by atoms with Crippen molar-refractivity contribution in [2.24, 2.45) is 0 Å². The van der Waals surface area contributed by atoms with Crippen LogP contribution >= 0.6 is 0 Å². The van der Waals surface area contributed by atoms with E-state index in [1.807, 2.05) is 6.92 Å². The van der Waals surface area contributed by atoms with Gasteiger partial charge in [-0.05, 0) is 62.1 Å². The lowest BCUT2D eigenvalue weighted by Crippen LogP contribution is -2.35. The Morgan fingerprint density at radius 1 is 1.21 bits per heavy atom. The van der Waals surface area contributed by atoms with Crippen LogP contribution in [0, 0.1) is 0 Å². The molecule has 4 rings (SSSR count). The minimum absolute atomic E-state index is 0.0879. The molecule has 6 nitrogen and oxygen atoms in total. The number of amides is 1. The zero-order chi connectivity index (χ0) is 19.7. The number of rotatable bonds is 5. The lowest BCUT2D eigenvalue weighted by molar-refractivity contribution is 0.0857. The third kappa shape index (κ3) is 3.52. The molecule has 0 radical (unpaired) electrons. The molecule has 148 valence electrons. The van der Waals surface area contributed by atoms with Gasteiger partial charge in [-0.1, -0.05) is 18.2 Å². The van der Waals surface area contributed by atoms with Crippen LogP contribution in [0.1, 0.15) is 35.7 Å². The number of ether oxygens (including phenoxy) is 1. The SMILES string of the molecule is C[C@H]1Cc2cc(C(=O)NC[C@H]3CCCO3)ccc2N1S(=O)(=O)c1ccccc1. The molecule has 2 aromatic rings. The van der Waals surface area contributed by atoms with Gasteiger partial charge in [0.15, 0.2) is 0 Å². The first-order valence-electron chi connectivity index (χ1n) is 9.59. The molecule has 0 spiro atoms. The molecule has 28 heavy (non-hydrogen) atoms. The quantitative estimate of drug-likeness (QED) is 0.837. The van der Waals surface area contributed by atoms with Crippen LogP contribution in [0.25, 0.3) is 0 Å². The summed E-state index contributed by atoms with van der Waals surface area (Å²) in [6, 6.07) is 13.5. The molecule has 0 aromatic heterocycles. The van der Waals surface area contributed by atoms with Crippen molar-refractivity contribution in [3.05, 3.63) is 59.7 Å². The molecule has 1 amide bonds. The summed E-state index contributed by atoms with van der Waals surface area (Å²) in [6.45, 7) is 3.14. The van der Waals surface area contributed by atoms with Gasteiger partial charge in [-0.3, -0.25) is 9.10 Å². The highest BCUT2D eigenvalue weighted by atomic mass is 32.2. The van der Waals surface area contributed by atoms with Crippen LogP contribution in [0.4, 0.5) is 5.69 Å². The van der Waals surface area contributed by atoms with E-state index < -0.39 is 10.0 Å². The van der Waals surface area contributed by atoms with Crippen LogP contribution in [0.15, 0.2) is 53.4 Å². The molecule has 2 aliphatic rings. The Morgan fingerprint density at radius 2 is 2.00 bits per heavy atom. The van der Waals surface area contributed by atoms with Gasteiger partial charge < -0.3 is 10.1 Å². The number of carbonyl (C=O) groups excluding carboxylic acids is 1. The Labute approximate surface area is 165 Å². The van der Waals surface area contributed by atoms with Gasteiger partial charge in [0.2, 0.25) is 0 Å². The standard InChI is InChI=1S/C21H24N2O4S/c1-15-12-17-13-16(21(24)22-14-18-6-5-11-27-18)9-10-20(17)23(15)28(25,26)19-7-3-2-4-8-19/h2-4,7-10,13,15,18H,5-6,11-12,14H2,1H3,(H,22,24)/t15-,18+/m0/s1. The predicted molar refractivity (Wildman–Crippen MR) is 107 cm³/mol. The third-order valence-electron chi connectivity index (χ3n) is 5.31. The van der Waals surface area contributed by atoms with Crippen molar-refractivity contribution < 1.29 is 17.9 Å². The Hall–Kier alpha value is -2.38. The second kappa shape index (κ2) is 7.56. The second-order valence-electron chi connectivity index (χ2n) is 7.36. The fourth-order valence-electron chi connectivity index (χ4n) is 3.93. The molecular formula is C21H24N2O4S. The lowest BCUT2D eigenvalue weighted by atomic mass is 10.1. The number of carbonyl (C=O) groups is 1. The summed E-state index contributed by atoms with van der Waals surface area (Å²) in [5, 5.41) is 2.91. The first kappa shape index (κ1) is 19.0. The fourth-order valence-corrected chi connectivity index (χ4v) is 5.64. The molecule has 0 unspecified atom stereocenters. The van der Waals surface area contributed by atoms with Gasteiger partial charge in [0.25, 0.3) is 15.9 Å². The molecule has 0 aliphatic carbocycles. The van der Waals surface area contributed by atoms with Crippen molar-refractivity contribution in [1.82, 2.24) is 5.32 Å². The summed E-state index contributed by atoms with van der Waals surface area (Å²) in [5.74, 6) is -0.157. The molecule has 1 N–H and O–H groups in total. The first-order valence-corrected chi connectivity index (χ1v) is 11.0. The summed E-state index contributed by atoms with van der Waals surface area (Å²) in [6.07, 6.45) is 2.66. The number of benzene rings is 2. The zero-order valence-electron chi connectivity index (χ0n) is 15.8. The zero-order valence-corrected chi connectivity index (χ0v) is 16.6. The van der Waals surface area contributed by atoms with Crippen LogP contribution in [0.2, 0.25) is 0 Å². The monoisotopic (exact) mass is 400 g/mol. The van der Waals surface area contributed by atoms with E-state index in [9.17, 15) is 13.2 Å². The van der Waals surface area contributed by atoms with Crippen molar-refractivity contribution in [2.45, 2.75) is 43.2 Å². The van der Waals surface area contributed by atoms with Gasteiger partial charge in [0, 0.05) is 24.8 Å². The molecule has 2 aromatic carbocycles. The van der Waals surface area contributed by atoms with Crippen LogP contribution in [-0.4, -0.2) is 39.6 Å². The molecule has 0 saturated carbocycles. The molecule has 7 heteroatoms. The molecule has 1 saturated heterocycles. The van der Waals surface area contributed by atoms with E-state index in [0.29, 0.717) is 24.2 Å². The van der Waals surface area contributed by atoms with Gasteiger partial charge >= 0.3 is 0 Å². The van der Waals surface area contributed by atoms with Crippen molar-refractivity contribution in [3.8, 4) is 0 Å². The maximum Gasteiger partial charge on any atom is 0.264 e. The number of nitrogens with one attached hydrogen (secondary N) is 1. The fraction of sp³-hybridized carbons (Fsp3) is 0.381. The first-order chi connectivity index (χ1) is 13.5. The number of sulfonamides is 1. The Balaban J connectivity index is 1.55. The summed E-state index contributed by atoms with van der Waals surface area (Å²) >= 11 is 0. The summed E-state index contributed by atoms with van der Waals surface area (Å²) < 4.78 is 33.2. The largest absolute Gasteiger partial charge is 0.376 e. The molecule has 2 aliphatic heterocycles. The minimum Gasteiger partial charge on any atom is -0.376 e. The maximum absolute atomic E-state index is 13.1. The number of fused-ring (bicyclic) bond motifs is 1. The highest BCUT2D eigenvalue weighted by Crippen LogP contribution is 2.37. The van der Waals surface area contributed by atoms with Crippen LogP contribution in [0.3, 0.4) is 0 Å². The van der Waals surface area contributed by atoms with E-state index >= 15 is 0 Å². The molecule has 0 bridgehead atoms. The van der Waals surface area contributed by atoms with Crippen LogP contribution in [0.5, 0.6) is 0 Å². The van der Waals surface area contributed by atoms with Gasteiger partial charge in [-0.25, -0.2) is 8.42 Å². The summed E-state index contributed by atoms with van der Waals surface area (Å²) in [7, 11) is -3.64. The van der Waals surface area contributed by atoms with E-state index in [1.54, 1.807) is 48.5 Å². The van der Waals surface area contributed by atoms with Crippen molar-refractivity contribution in [2.75, 3.05) is 17.5 Å². The number of hydrogen-bond acceptors (Lipinski definition) is 4. The van der Waals surface area contributed by atoms with Gasteiger partial charge in [-0.15, -0.1) is 0 Å². The van der Waals surface area contributed by atoms with E-state index in [4.69, 9.17) is 4.74 Å². The van der Waals surface area contributed by atoms with Crippen molar-refractivity contribution >= 4 is 21.6 Å². The minimum atomic E-state index is -3.64. The van der Waals surface area contributed by atoms with Crippen molar-refractivity contribution in [3.63, 3.8) is 0 Å². The van der Waals surface area contributed by atoms with Crippen LogP contribution in [-0.2, 0) is 21.2 Å². The van der Waals surface area contributed by atoms with Crippen LogP contribution < -0.4 is 9.62 Å². The molecular weight excluding hydrogens is 376 g/mol. The predicted octanol–water partition coefficient (Wildman–Crippen LogP) is 2.74. The molecule has 2 heterocycles. The van der Waals surface area contributed by atoms with E-state index in [2.05, 4.69) is 5.32 Å². The topological polar surface area (TPSA) is 75.7 Å². The average Bonchev–Trinajstić information content (AvgIpc) is 3.33. The van der Waals surface area contributed by atoms with Gasteiger partial charge in [0.1, 0.15) is 0 Å². The summed E-state index contributed by atoms with van der Waals surface area (Å²) in [4.78, 5) is 12.8. The maximum atomic E-state index is 13.1. The van der Waals surface area contributed by atoms with Crippen molar-refractivity contribution in [1.29, 1.82) is 0 Å². The summed E-state index contributed by atoms with van der Waals surface area (Å²) in [5.41, 5.74) is 2.06. The third-order valence-corrected chi connectivity index (χ3v) is 7.25. The number of nitrogens with zero attached hydrogens (tertiary/aromatic N) is 1. The highest BCUT2D eigenvalue weighted by molar-refractivity contribution is 7.92. The average molecular weight is 401 g/mol. The van der Waals surface area contributed by atoms with E-state index in [-0.39, 0.29) is 22.9 Å². The number of anilines is 1. The highest BCUT2D eigenvalue weighted by Gasteiger charge is 2.36. The Kier molecular flexibility index (Phi) is 5.12. The van der Waals surface area contributed by atoms with E-state index in [1.165, 1.54) is 4.31 Å². The molecule has 1 fully saturated rings. The molecule has 2 atom stereocenters. The van der Waals surface area contributed by atoms with E-state index in [0.717, 1.165) is 25.0 Å². The Bertz CT molecular complexity index is 969. The van der Waals surface area contributed by atoms with Gasteiger partial charge in [-0.2, -0.15) is 0 Å². The normalized spacial score (nSPS) is 21.5. The number of hydrogen-bond donors (Lipinski definition) is 1. The Morgan fingerprint density at radius 3 is 2.71 bits per heavy atom. The lowest BCUT2D eigenvalue weighted by Gasteiger charge is -2.24. The smallest absolute Gasteiger partial charge is 0.264 e. The van der Waals surface area contributed by atoms with Gasteiger partial charge in [0.05, 0.1) is 16.7 Å². The second-order valence-corrected chi connectivity index (χ2v) is 9.17.